The average Bonchev–Trinajstić information content (AvgIpc) is 3.60. The van der Waals surface area contributed by atoms with E-state index in [2.05, 4.69) is 35.5 Å². The number of likely N-dealkylation sites (N-methyl/N-ethyl adjacent to an activating group) is 1. The van der Waals surface area contributed by atoms with Crippen LogP contribution in [0.4, 0.5) is 10.1 Å². The van der Waals surface area contributed by atoms with Gasteiger partial charge in [0.2, 0.25) is 0 Å². The number of imidazole rings is 1. The van der Waals surface area contributed by atoms with E-state index in [4.69, 9.17) is 9.72 Å². The van der Waals surface area contributed by atoms with Crippen molar-refractivity contribution in [3.8, 4) is 39.7 Å². The Bertz CT molecular complexity index is 1880. The Morgan fingerprint density at radius 1 is 1.05 bits per heavy atom. The van der Waals surface area contributed by atoms with Crippen molar-refractivity contribution >= 4 is 27.8 Å². The molecule has 0 aliphatic rings. The summed E-state index contributed by atoms with van der Waals surface area (Å²) in [7, 11) is 3.90. The molecule has 1 unspecified atom stereocenters. The number of halogens is 1. The van der Waals surface area contributed by atoms with Crippen molar-refractivity contribution in [2.24, 2.45) is 0 Å². The number of aromatic nitrogens is 7. The SMILES string of the molecule is CCCC(O)Nc1cncc(-c2cnc3n[nH]c(-c4nc5c(-c6cc(F)cc(OCCN(C)C)c6)nccc5[nH]4)c3c2)c1. The maximum absolute atomic E-state index is 14.6. The molecule has 0 saturated heterocycles. The van der Waals surface area contributed by atoms with Gasteiger partial charge in [-0.1, -0.05) is 13.3 Å². The molecule has 6 rings (SSSR count). The van der Waals surface area contributed by atoms with E-state index in [1.54, 1.807) is 30.9 Å². The number of anilines is 1. The highest BCUT2D eigenvalue weighted by atomic mass is 19.1. The molecule has 0 radical (unpaired) electrons. The third kappa shape index (κ3) is 6.15. The number of fused-ring (bicyclic) bond motifs is 2. The lowest BCUT2D eigenvalue weighted by atomic mass is 10.1. The molecule has 0 amide bonds. The van der Waals surface area contributed by atoms with Gasteiger partial charge in [-0.05, 0) is 50.8 Å². The highest BCUT2D eigenvalue weighted by molar-refractivity contribution is 5.96. The number of nitrogens with zero attached hydrogens (tertiary/aromatic N) is 6. The van der Waals surface area contributed by atoms with Crippen LogP contribution in [0.3, 0.4) is 0 Å². The van der Waals surface area contributed by atoms with Gasteiger partial charge in [0.15, 0.2) is 11.5 Å². The van der Waals surface area contributed by atoms with Gasteiger partial charge in [-0.2, -0.15) is 5.10 Å². The van der Waals surface area contributed by atoms with Crippen molar-refractivity contribution in [1.82, 2.24) is 40.0 Å². The van der Waals surface area contributed by atoms with Crippen LogP contribution in [0.5, 0.6) is 5.75 Å². The van der Waals surface area contributed by atoms with Gasteiger partial charge in [0.25, 0.3) is 0 Å². The molecule has 220 valence electrons. The third-order valence-corrected chi connectivity index (χ3v) is 6.97. The van der Waals surface area contributed by atoms with Crippen molar-refractivity contribution in [3.05, 3.63) is 67.0 Å². The number of hydrogen-bond donors (Lipinski definition) is 4. The van der Waals surface area contributed by atoms with Crippen LogP contribution < -0.4 is 10.1 Å². The largest absolute Gasteiger partial charge is 0.492 e. The molecule has 1 atom stereocenters. The lowest BCUT2D eigenvalue weighted by Crippen LogP contribution is -2.19. The normalized spacial score (nSPS) is 12.3. The number of rotatable bonds is 11. The zero-order valence-electron chi connectivity index (χ0n) is 24.1. The van der Waals surface area contributed by atoms with E-state index in [0.717, 1.165) is 28.5 Å². The van der Waals surface area contributed by atoms with E-state index in [9.17, 15) is 9.50 Å². The number of aliphatic hydroxyl groups excluding tert-OH is 1. The summed E-state index contributed by atoms with van der Waals surface area (Å²) in [5.41, 5.74) is 5.97. The van der Waals surface area contributed by atoms with E-state index in [1.165, 1.54) is 12.1 Å². The van der Waals surface area contributed by atoms with Gasteiger partial charge in [0, 0.05) is 47.9 Å². The first kappa shape index (κ1) is 28.2. The predicted octanol–water partition coefficient (Wildman–Crippen LogP) is 5.24. The van der Waals surface area contributed by atoms with Gasteiger partial charge >= 0.3 is 0 Å². The molecule has 0 aliphatic heterocycles. The molecular formula is C31H32FN9O2. The summed E-state index contributed by atoms with van der Waals surface area (Å²) in [6.07, 6.45) is 7.66. The van der Waals surface area contributed by atoms with Crippen LogP contribution in [-0.2, 0) is 0 Å². The van der Waals surface area contributed by atoms with Crippen LogP contribution >= 0.6 is 0 Å². The summed E-state index contributed by atoms with van der Waals surface area (Å²) in [4.78, 5) is 23.6. The molecule has 0 saturated carbocycles. The number of H-pyrrole nitrogens is 2. The van der Waals surface area contributed by atoms with E-state index < -0.39 is 12.0 Å². The van der Waals surface area contributed by atoms with Gasteiger partial charge in [0.05, 0.1) is 28.5 Å². The Balaban J connectivity index is 1.34. The quantitative estimate of drug-likeness (QED) is 0.151. The molecule has 12 heteroatoms. The lowest BCUT2D eigenvalue weighted by molar-refractivity contribution is 0.192. The second-order valence-corrected chi connectivity index (χ2v) is 10.6. The first-order chi connectivity index (χ1) is 20.9. The third-order valence-electron chi connectivity index (χ3n) is 6.97. The summed E-state index contributed by atoms with van der Waals surface area (Å²) in [5.74, 6) is 0.553. The van der Waals surface area contributed by atoms with E-state index in [0.29, 0.717) is 64.9 Å². The summed E-state index contributed by atoms with van der Waals surface area (Å²) in [5, 5.41) is 21.4. The Labute approximate surface area is 247 Å². The van der Waals surface area contributed by atoms with Crippen LogP contribution in [0.25, 0.3) is 56.0 Å². The molecule has 5 heterocycles. The monoisotopic (exact) mass is 581 g/mol. The molecule has 0 bridgehead atoms. The fourth-order valence-electron chi connectivity index (χ4n) is 4.85. The molecule has 0 spiro atoms. The number of aliphatic hydroxyl groups is 1. The van der Waals surface area contributed by atoms with Gasteiger partial charge in [-0.25, -0.2) is 14.4 Å². The Hall–Kier alpha value is -4.94. The van der Waals surface area contributed by atoms with E-state index in [-0.39, 0.29) is 0 Å². The minimum Gasteiger partial charge on any atom is -0.492 e. The fraction of sp³-hybridized carbons (Fsp3) is 0.258. The molecule has 0 aliphatic carbocycles. The van der Waals surface area contributed by atoms with Crippen molar-refractivity contribution in [1.29, 1.82) is 0 Å². The minimum atomic E-state index is -0.648. The second kappa shape index (κ2) is 12.1. The first-order valence-corrected chi connectivity index (χ1v) is 14.1. The number of pyridine rings is 3. The summed E-state index contributed by atoms with van der Waals surface area (Å²) in [6, 6.07) is 10.3. The zero-order valence-corrected chi connectivity index (χ0v) is 24.1. The van der Waals surface area contributed by atoms with Crippen LogP contribution in [0, 0.1) is 5.82 Å². The molecule has 1 aromatic carbocycles. The van der Waals surface area contributed by atoms with Crippen LogP contribution in [0.15, 0.2) is 61.2 Å². The molecule has 6 aromatic rings. The van der Waals surface area contributed by atoms with Crippen LogP contribution in [-0.4, -0.2) is 78.6 Å². The smallest absolute Gasteiger partial charge is 0.181 e. The van der Waals surface area contributed by atoms with Gasteiger partial charge in [0.1, 0.15) is 35.6 Å². The highest BCUT2D eigenvalue weighted by Gasteiger charge is 2.18. The summed E-state index contributed by atoms with van der Waals surface area (Å²) >= 11 is 0. The van der Waals surface area contributed by atoms with Gasteiger partial charge < -0.3 is 25.0 Å². The summed E-state index contributed by atoms with van der Waals surface area (Å²) in [6.45, 7) is 3.15. The van der Waals surface area contributed by atoms with Gasteiger partial charge in [-0.3, -0.25) is 15.1 Å². The van der Waals surface area contributed by atoms with Crippen molar-refractivity contribution in [2.75, 3.05) is 32.6 Å². The molecule has 0 fully saturated rings. The Morgan fingerprint density at radius 2 is 1.91 bits per heavy atom. The highest BCUT2D eigenvalue weighted by Crippen LogP contribution is 2.33. The zero-order chi connectivity index (χ0) is 29.9. The predicted molar refractivity (Wildman–Crippen MR) is 164 cm³/mol. The molecular weight excluding hydrogens is 549 g/mol. The van der Waals surface area contributed by atoms with Crippen LogP contribution in [0.2, 0.25) is 0 Å². The Kier molecular flexibility index (Phi) is 7.95. The Morgan fingerprint density at radius 3 is 2.74 bits per heavy atom. The second-order valence-electron chi connectivity index (χ2n) is 10.6. The standard InChI is InChI=1S/C31H32FN9O2/c1-4-5-26(42)36-22-11-19(15-33-17-22)20-13-24-28(39-40-30(24)35-16-20)31-37-25-6-7-34-27(29(25)38-31)18-10-21(32)14-23(12-18)43-9-8-41(2)3/h6-7,10-17,26,36,42H,4-5,8-9H2,1-3H3,(H,37,38)(H,35,39,40). The lowest BCUT2D eigenvalue weighted by Gasteiger charge is -2.13. The summed E-state index contributed by atoms with van der Waals surface area (Å²) < 4.78 is 20.4. The minimum absolute atomic E-state index is 0.418. The first-order valence-electron chi connectivity index (χ1n) is 14.1. The number of nitrogens with one attached hydrogen (secondary N) is 3. The number of benzene rings is 1. The van der Waals surface area contributed by atoms with E-state index >= 15 is 0 Å². The van der Waals surface area contributed by atoms with E-state index in [1.807, 2.05) is 44.1 Å². The van der Waals surface area contributed by atoms with Crippen molar-refractivity contribution in [3.63, 3.8) is 0 Å². The molecule has 5 aromatic heterocycles. The van der Waals surface area contributed by atoms with Crippen molar-refractivity contribution in [2.45, 2.75) is 26.0 Å². The number of aromatic amines is 2. The maximum Gasteiger partial charge on any atom is 0.181 e. The molecule has 43 heavy (non-hydrogen) atoms. The molecule has 11 nitrogen and oxygen atoms in total. The number of ether oxygens (including phenoxy) is 1. The fourth-order valence-corrected chi connectivity index (χ4v) is 4.85. The van der Waals surface area contributed by atoms with Gasteiger partial charge in [-0.15, -0.1) is 0 Å². The van der Waals surface area contributed by atoms with Crippen LogP contribution in [0.1, 0.15) is 19.8 Å². The maximum atomic E-state index is 14.6. The topological polar surface area (TPSA) is 141 Å². The number of hydrogen-bond acceptors (Lipinski definition) is 9. The molecule has 4 N–H and O–H groups in total. The van der Waals surface area contributed by atoms with Crippen molar-refractivity contribution < 1.29 is 14.2 Å². The average molecular weight is 582 g/mol.